The summed E-state index contributed by atoms with van der Waals surface area (Å²) in [4.78, 5) is 17.9. The van der Waals surface area contributed by atoms with E-state index in [0.717, 1.165) is 33.3 Å². The number of hydrogen-bond acceptors (Lipinski definition) is 3. The Labute approximate surface area is 159 Å². The Hall–Kier alpha value is -3.08. The maximum Gasteiger partial charge on any atom is 0.411 e. The van der Waals surface area contributed by atoms with Gasteiger partial charge in [-0.2, -0.15) is 0 Å². The maximum atomic E-state index is 11.9. The minimum Gasteiger partial charge on any atom is -0.465 e. The second-order valence-corrected chi connectivity index (χ2v) is 7.36. The van der Waals surface area contributed by atoms with Crippen LogP contribution in [-0.4, -0.2) is 23.2 Å². The molecule has 3 N–H and O–H groups in total. The van der Waals surface area contributed by atoms with E-state index in [-0.39, 0.29) is 0 Å². The molecule has 0 radical (unpaired) electrons. The number of carbonyl (C=O) groups is 1. The largest absolute Gasteiger partial charge is 0.465 e. The van der Waals surface area contributed by atoms with Crippen molar-refractivity contribution in [2.75, 3.05) is 17.7 Å². The number of nitrogen functional groups attached to an aromatic ring is 1. The van der Waals surface area contributed by atoms with Crippen LogP contribution in [0, 0.1) is 12.8 Å². The molecule has 1 amide bonds. The van der Waals surface area contributed by atoms with Crippen LogP contribution in [-0.2, 0) is 6.42 Å². The van der Waals surface area contributed by atoms with E-state index in [4.69, 9.17) is 10.7 Å². The smallest absolute Gasteiger partial charge is 0.411 e. The average Bonchev–Trinajstić information content (AvgIpc) is 2.60. The number of aromatic nitrogens is 1. The van der Waals surface area contributed by atoms with Crippen molar-refractivity contribution in [2.45, 2.75) is 27.2 Å². The number of nitrogens with zero attached hydrogens (tertiary/aromatic N) is 2. The van der Waals surface area contributed by atoms with E-state index < -0.39 is 6.09 Å². The number of aryl methyl sites for hydroxylation is 1. The molecule has 5 heteroatoms. The van der Waals surface area contributed by atoms with E-state index in [1.807, 2.05) is 49.4 Å². The standard InChI is InChI=1S/C22H25N3O2/c1-13(2)11-19-21(25(4)22(26)27)20(15-7-5-14(3)6-8-15)17-12-16(23)9-10-18(17)24-19/h5-10,12-13H,11,23H2,1-4H3,(H,26,27). The van der Waals surface area contributed by atoms with Gasteiger partial charge in [-0.05, 0) is 43.0 Å². The van der Waals surface area contributed by atoms with E-state index in [2.05, 4.69) is 13.8 Å². The van der Waals surface area contributed by atoms with Crippen LogP contribution < -0.4 is 10.6 Å². The molecule has 0 unspecified atom stereocenters. The van der Waals surface area contributed by atoms with Crippen LogP contribution in [0.3, 0.4) is 0 Å². The molecule has 0 spiro atoms. The van der Waals surface area contributed by atoms with Gasteiger partial charge in [-0.1, -0.05) is 43.7 Å². The topological polar surface area (TPSA) is 79.5 Å². The minimum absolute atomic E-state index is 0.343. The Balaban J connectivity index is 2.45. The van der Waals surface area contributed by atoms with Gasteiger partial charge in [-0.25, -0.2) is 4.79 Å². The zero-order valence-electron chi connectivity index (χ0n) is 16.2. The van der Waals surface area contributed by atoms with E-state index >= 15 is 0 Å². The van der Waals surface area contributed by atoms with Crippen molar-refractivity contribution in [3.8, 4) is 11.1 Å². The number of anilines is 2. The monoisotopic (exact) mass is 363 g/mol. The van der Waals surface area contributed by atoms with Gasteiger partial charge in [0.15, 0.2) is 0 Å². The van der Waals surface area contributed by atoms with Gasteiger partial charge >= 0.3 is 6.09 Å². The lowest BCUT2D eigenvalue weighted by atomic mass is 9.94. The van der Waals surface area contributed by atoms with Crippen molar-refractivity contribution < 1.29 is 9.90 Å². The number of nitrogens with two attached hydrogens (primary N) is 1. The zero-order chi connectivity index (χ0) is 19.7. The summed E-state index contributed by atoms with van der Waals surface area (Å²) >= 11 is 0. The van der Waals surface area contributed by atoms with Crippen molar-refractivity contribution in [3.63, 3.8) is 0 Å². The summed E-state index contributed by atoms with van der Waals surface area (Å²) in [6.07, 6.45) is -0.329. The minimum atomic E-state index is -1.02. The van der Waals surface area contributed by atoms with E-state index in [9.17, 15) is 9.90 Å². The van der Waals surface area contributed by atoms with Crippen molar-refractivity contribution in [1.29, 1.82) is 0 Å². The highest BCUT2D eigenvalue weighted by molar-refractivity contribution is 6.06. The molecule has 0 bridgehead atoms. The molecule has 5 nitrogen and oxygen atoms in total. The van der Waals surface area contributed by atoms with Crippen molar-refractivity contribution in [3.05, 3.63) is 53.7 Å². The van der Waals surface area contributed by atoms with Crippen LogP contribution >= 0.6 is 0 Å². The van der Waals surface area contributed by atoms with Crippen molar-refractivity contribution in [2.24, 2.45) is 5.92 Å². The fourth-order valence-electron chi connectivity index (χ4n) is 3.32. The third-order valence-corrected chi connectivity index (χ3v) is 4.62. The molecule has 27 heavy (non-hydrogen) atoms. The summed E-state index contributed by atoms with van der Waals surface area (Å²) in [5, 5.41) is 10.6. The van der Waals surface area contributed by atoms with Crippen molar-refractivity contribution in [1.82, 2.24) is 4.98 Å². The molecule has 0 saturated heterocycles. The highest BCUT2D eigenvalue weighted by atomic mass is 16.4. The average molecular weight is 363 g/mol. The number of benzene rings is 2. The first-order chi connectivity index (χ1) is 12.8. The van der Waals surface area contributed by atoms with Crippen LogP contribution in [0.2, 0.25) is 0 Å². The molecule has 0 atom stereocenters. The second kappa shape index (κ2) is 7.27. The van der Waals surface area contributed by atoms with E-state index in [1.165, 1.54) is 4.90 Å². The van der Waals surface area contributed by atoms with Gasteiger partial charge in [0.25, 0.3) is 0 Å². The van der Waals surface area contributed by atoms with Crippen LogP contribution in [0.25, 0.3) is 22.0 Å². The van der Waals surface area contributed by atoms with Gasteiger partial charge in [0.05, 0.1) is 16.9 Å². The molecule has 1 aromatic heterocycles. The molecule has 3 aromatic rings. The summed E-state index contributed by atoms with van der Waals surface area (Å²) < 4.78 is 0. The van der Waals surface area contributed by atoms with Gasteiger partial charge in [0.1, 0.15) is 0 Å². The van der Waals surface area contributed by atoms with E-state index in [0.29, 0.717) is 23.7 Å². The third kappa shape index (κ3) is 3.72. The molecular weight excluding hydrogens is 338 g/mol. The Morgan fingerprint density at radius 1 is 1.19 bits per heavy atom. The number of carboxylic acid groups (broad SMARTS) is 1. The summed E-state index contributed by atoms with van der Waals surface area (Å²) in [6.45, 7) is 6.23. The second-order valence-electron chi connectivity index (χ2n) is 7.36. The highest BCUT2D eigenvalue weighted by Crippen LogP contribution is 2.40. The Morgan fingerprint density at radius 3 is 2.44 bits per heavy atom. The quantitative estimate of drug-likeness (QED) is 0.632. The molecule has 1 heterocycles. The molecular formula is C22H25N3O2. The van der Waals surface area contributed by atoms with Gasteiger partial charge in [0.2, 0.25) is 0 Å². The number of pyridine rings is 1. The van der Waals surface area contributed by atoms with Gasteiger partial charge in [-0.15, -0.1) is 0 Å². The lowest BCUT2D eigenvalue weighted by molar-refractivity contribution is 0.203. The first-order valence-corrected chi connectivity index (χ1v) is 9.03. The fourth-order valence-corrected chi connectivity index (χ4v) is 3.32. The first kappa shape index (κ1) is 18.7. The maximum absolute atomic E-state index is 11.9. The normalized spacial score (nSPS) is 11.1. The SMILES string of the molecule is Cc1ccc(-c2c(N(C)C(=O)O)c(CC(C)C)nc3ccc(N)cc23)cc1. The van der Waals surface area contributed by atoms with Gasteiger partial charge in [0, 0.05) is 23.7 Å². The highest BCUT2D eigenvalue weighted by Gasteiger charge is 2.23. The molecule has 140 valence electrons. The zero-order valence-corrected chi connectivity index (χ0v) is 16.2. The molecule has 3 rings (SSSR count). The number of rotatable bonds is 4. The van der Waals surface area contributed by atoms with Gasteiger partial charge in [-0.3, -0.25) is 9.88 Å². The number of amides is 1. The number of hydrogen-bond donors (Lipinski definition) is 2. The molecule has 0 aliphatic rings. The molecule has 0 fully saturated rings. The predicted octanol–water partition coefficient (Wildman–Crippen LogP) is 5.11. The third-order valence-electron chi connectivity index (χ3n) is 4.62. The van der Waals surface area contributed by atoms with Crippen LogP contribution in [0.15, 0.2) is 42.5 Å². The Bertz CT molecular complexity index is 995. The van der Waals surface area contributed by atoms with Crippen LogP contribution in [0.1, 0.15) is 25.1 Å². The van der Waals surface area contributed by atoms with Crippen LogP contribution in [0.5, 0.6) is 0 Å². The molecule has 0 aliphatic heterocycles. The lowest BCUT2D eigenvalue weighted by Gasteiger charge is -2.24. The molecule has 0 aliphatic carbocycles. The van der Waals surface area contributed by atoms with E-state index in [1.54, 1.807) is 7.05 Å². The predicted molar refractivity (Wildman–Crippen MR) is 111 cm³/mol. The first-order valence-electron chi connectivity index (χ1n) is 9.03. The summed E-state index contributed by atoms with van der Waals surface area (Å²) in [6, 6.07) is 13.7. The van der Waals surface area contributed by atoms with Crippen molar-refractivity contribution >= 4 is 28.4 Å². The summed E-state index contributed by atoms with van der Waals surface area (Å²) in [5.74, 6) is 0.343. The molecule has 0 saturated carbocycles. The Morgan fingerprint density at radius 2 is 1.85 bits per heavy atom. The van der Waals surface area contributed by atoms with Gasteiger partial charge < -0.3 is 10.8 Å². The number of fused-ring (bicyclic) bond motifs is 1. The van der Waals surface area contributed by atoms with Crippen LogP contribution in [0.4, 0.5) is 16.2 Å². The summed E-state index contributed by atoms with van der Waals surface area (Å²) in [7, 11) is 1.57. The Kier molecular flexibility index (Phi) is 5.04. The lowest BCUT2D eigenvalue weighted by Crippen LogP contribution is -2.26. The fraction of sp³-hybridized carbons (Fsp3) is 0.273. The molecule has 2 aromatic carbocycles. The summed E-state index contributed by atoms with van der Waals surface area (Å²) in [5.41, 5.74) is 11.8.